The van der Waals surface area contributed by atoms with Crippen LogP contribution < -0.4 is 5.43 Å². The maximum atomic E-state index is 11.2. The van der Waals surface area contributed by atoms with Crippen molar-refractivity contribution < 1.29 is 8.42 Å². The van der Waals surface area contributed by atoms with E-state index < -0.39 is 9.84 Å². The first-order valence-corrected chi connectivity index (χ1v) is 8.84. The molecular weight excluding hydrogens is 294 g/mol. The normalized spacial score (nSPS) is 11.9. The number of nitrogens with zero attached hydrogens (tertiary/aromatic N) is 2. The fourth-order valence-electron chi connectivity index (χ4n) is 1.57. The summed E-state index contributed by atoms with van der Waals surface area (Å²) in [6.45, 7) is 1.92. The van der Waals surface area contributed by atoms with E-state index in [1.807, 2.05) is 24.4 Å². The summed E-state index contributed by atoms with van der Waals surface area (Å²) in [6.07, 6.45) is 2.89. The monoisotopic (exact) mass is 309 g/mol. The van der Waals surface area contributed by atoms with Gasteiger partial charge in [-0.2, -0.15) is 5.10 Å². The van der Waals surface area contributed by atoms with Gasteiger partial charge in [-0.05, 0) is 18.1 Å². The van der Waals surface area contributed by atoms with Gasteiger partial charge in [0.15, 0.2) is 9.84 Å². The Morgan fingerprint density at radius 1 is 1.35 bits per heavy atom. The molecule has 0 fully saturated rings. The minimum Gasteiger partial charge on any atom is -0.253 e. The number of hydrogen-bond acceptors (Lipinski definition) is 6. The lowest BCUT2D eigenvalue weighted by Crippen LogP contribution is -2.00. The molecule has 106 valence electrons. The second kappa shape index (κ2) is 6.15. The van der Waals surface area contributed by atoms with E-state index >= 15 is 0 Å². The van der Waals surface area contributed by atoms with Crippen molar-refractivity contribution in [3.8, 4) is 0 Å². The first-order valence-electron chi connectivity index (χ1n) is 5.90. The van der Waals surface area contributed by atoms with Gasteiger partial charge >= 0.3 is 0 Å². The van der Waals surface area contributed by atoms with E-state index in [0.29, 0.717) is 0 Å². The Labute approximate surface area is 122 Å². The number of rotatable bonds is 5. The van der Waals surface area contributed by atoms with Crippen LogP contribution in [0, 0.1) is 6.92 Å². The van der Waals surface area contributed by atoms with Crippen LogP contribution in [0.15, 0.2) is 34.7 Å². The topological polar surface area (TPSA) is 71.4 Å². The average molecular weight is 309 g/mol. The van der Waals surface area contributed by atoms with Gasteiger partial charge in [-0.15, -0.1) is 11.3 Å². The van der Waals surface area contributed by atoms with Gasteiger partial charge in [0.05, 0.1) is 17.7 Å². The van der Waals surface area contributed by atoms with Crippen molar-refractivity contribution in [2.45, 2.75) is 12.7 Å². The highest BCUT2D eigenvalue weighted by Crippen LogP contribution is 2.14. The Balaban J connectivity index is 1.96. The molecule has 2 rings (SSSR count). The molecule has 1 N–H and O–H groups in total. The van der Waals surface area contributed by atoms with Gasteiger partial charge in [0.1, 0.15) is 0 Å². The molecule has 0 saturated heterocycles. The maximum absolute atomic E-state index is 11.2. The van der Waals surface area contributed by atoms with Gasteiger partial charge in [0, 0.05) is 11.6 Å². The van der Waals surface area contributed by atoms with E-state index in [1.165, 1.54) is 17.6 Å². The number of nitrogens with one attached hydrogen (secondary N) is 1. The fourth-order valence-corrected chi connectivity index (χ4v) is 3.00. The number of aromatic nitrogens is 1. The summed E-state index contributed by atoms with van der Waals surface area (Å²) in [4.78, 5) is 4.22. The molecule has 0 radical (unpaired) electrons. The molecule has 0 amide bonds. The van der Waals surface area contributed by atoms with Gasteiger partial charge in [-0.25, -0.2) is 13.4 Å². The quantitative estimate of drug-likeness (QED) is 0.680. The number of sulfone groups is 1. The Bertz CT molecular complexity index is 703. The molecule has 1 aromatic heterocycles. The van der Waals surface area contributed by atoms with Crippen LogP contribution in [-0.4, -0.2) is 25.9 Å². The third-order valence-electron chi connectivity index (χ3n) is 2.40. The summed E-state index contributed by atoms with van der Waals surface area (Å²) in [6, 6.07) is 7.24. The maximum Gasteiger partial charge on any atom is 0.203 e. The highest BCUT2D eigenvalue weighted by atomic mass is 32.2. The molecule has 0 aliphatic rings. The van der Waals surface area contributed by atoms with Gasteiger partial charge in [-0.3, -0.25) is 5.43 Å². The molecule has 0 saturated carbocycles. The Morgan fingerprint density at radius 2 is 2.05 bits per heavy atom. The van der Waals surface area contributed by atoms with Crippen molar-refractivity contribution in [1.82, 2.24) is 4.98 Å². The fraction of sp³-hybridized carbons (Fsp3) is 0.231. The second-order valence-corrected chi connectivity index (χ2v) is 7.47. The standard InChI is InChI=1S/C13H15N3O2S2/c1-10-8-19-13(15-10)16-14-7-11-3-5-12(6-4-11)9-20(2,17)18/h3-8H,9H2,1-2H3,(H,15,16). The molecule has 0 atom stereocenters. The highest BCUT2D eigenvalue weighted by Gasteiger charge is 2.03. The summed E-state index contributed by atoms with van der Waals surface area (Å²) in [5.41, 5.74) is 5.47. The van der Waals surface area contributed by atoms with E-state index in [2.05, 4.69) is 15.5 Å². The zero-order valence-corrected chi connectivity index (χ0v) is 12.8. The Morgan fingerprint density at radius 3 is 2.60 bits per heavy atom. The third-order valence-corrected chi connectivity index (χ3v) is 4.12. The number of aryl methyl sites for hydroxylation is 1. The molecule has 2 aromatic rings. The third kappa shape index (κ3) is 4.75. The number of benzene rings is 1. The van der Waals surface area contributed by atoms with Crippen molar-refractivity contribution in [3.05, 3.63) is 46.5 Å². The first kappa shape index (κ1) is 14.7. The molecule has 5 nitrogen and oxygen atoms in total. The van der Waals surface area contributed by atoms with Crippen LogP contribution in [0.3, 0.4) is 0 Å². The van der Waals surface area contributed by atoms with Crippen molar-refractivity contribution in [2.75, 3.05) is 11.7 Å². The van der Waals surface area contributed by atoms with E-state index in [4.69, 9.17) is 0 Å². The number of hydrazone groups is 1. The van der Waals surface area contributed by atoms with Crippen LogP contribution in [0.4, 0.5) is 5.13 Å². The predicted octanol–water partition coefficient (Wildman–Crippen LogP) is 2.44. The summed E-state index contributed by atoms with van der Waals surface area (Å²) in [5.74, 6) is 0.0566. The summed E-state index contributed by atoms with van der Waals surface area (Å²) in [7, 11) is -2.99. The van der Waals surface area contributed by atoms with Crippen LogP contribution in [0.25, 0.3) is 0 Å². The van der Waals surface area contributed by atoms with Crippen molar-refractivity contribution in [3.63, 3.8) is 0 Å². The van der Waals surface area contributed by atoms with E-state index in [0.717, 1.165) is 22.0 Å². The van der Waals surface area contributed by atoms with Gasteiger partial charge in [0.2, 0.25) is 5.13 Å². The molecule has 20 heavy (non-hydrogen) atoms. The van der Waals surface area contributed by atoms with Crippen molar-refractivity contribution in [2.24, 2.45) is 5.10 Å². The molecule has 0 spiro atoms. The van der Waals surface area contributed by atoms with Gasteiger partial charge in [-0.1, -0.05) is 24.3 Å². The largest absolute Gasteiger partial charge is 0.253 e. The zero-order valence-electron chi connectivity index (χ0n) is 11.2. The molecule has 0 unspecified atom stereocenters. The van der Waals surface area contributed by atoms with Crippen LogP contribution in [-0.2, 0) is 15.6 Å². The molecule has 0 bridgehead atoms. The van der Waals surface area contributed by atoms with E-state index in [-0.39, 0.29) is 5.75 Å². The Kier molecular flexibility index (Phi) is 4.51. The minimum absolute atomic E-state index is 0.0566. The van der Waals surface area contributed by atoms with E-state index in [1.54, 1.807) is 18.3 Å². The lowest BCUT2D eigenvalue weighted by Gasteiger charge is -2.00. The van der Waals surface area contributed by atoms with Crippen LogP contribution in [0.5, 0.6) is 0 Å². The number of hydrogen-bond donors (Lipinski definition) is 1. The number of thiazole rings is 1. The van der Waals surface area contributed by atoms with Gasteiger partial charge < -0.3 is 0 Å². The van der Waals surface area contributed by atoms with Crippen LogP contribution in [0.2, 0.25) is 0 Å². The molecule has 1 aromatic carbocycles. The van der Waals surface area contributed by atoms with Gasteiger partial charge in [0.25, 0.3) is 0 Å². The zero-order chi connectivity index (χ0) is 14.6. The molecule has 0 aliphatic heterocycles. The van der Waals surface area contributed by atoms with Crippen molar-refractivity contribution in [1.29, 1.82) is 0 Å². The van der Waals surface area contributed by atoms with Crippen molar-refractivity contribution >= 4 is 32.5 Å². The Hall–Kier alpha value is -1.73. The average Bonchev–Trinajstić information content (AvgIpc) is 2.75. The van der Waals surface area contributed by atoms with Crippen LogP contribution in [0.1, 0.15) is 16.8 Å². The predicted molar refractivity (Wildman–Crippen MR) is 83.1 cm³/mol. The molecule has 7 heteroatoms. The lowest BCUT2D eigenvalue weighted by molar-refractivity contribution is 0.601. The smallest absolute Gasteiger partial charge is 0.203 e. The summed E-state index contributed by atoms with van der Waals surface area (Å²) in [5, 5.41) is 6.77. The van der Waals surface area contributed by atoms with Crippen LogP contribution >= 0.6 is 11.3 Å². The second-order valence-electron chi connectivity index (χ2n) is 4.48. The molecular formula is C13H15N3O2S2. The molecule has 0 aliphatic carbocycles. The number of anilines is 1. The summed E-state index contributed by atoms with van der Waals surface area (Å²) < 4.78 is 22.3. The van der Waals surface area contributed by atoms with E-state index in [9.17, 15) is 8.42 Å². The molecule has 1 heterocycles. The first-order chi connectivity index (χ1) is 9.42. The highest BCUT2D eigenvalue weighted by molar-refractivity contribution is 7.89. The minimum atomic E-state index is -2.99. The summed E-state index contributed by atoms with van der Waals surface area (Å²) >= 11 is 1.49. The SMILES string of the molecule is Cc1csc(NN=Cc2ccc(CS(C)(=O)=O)cc2)n1. The lowest BCUT2D eigenvalue weighted by atomic mass is 10.2.